The number of fused-ring (bicyclic) bond motifs is 3. The molecule has 0 spiro atoms. The van der Waals surface area contributed by atoms with E-state index in [1.165, 1.54) is 6.42 Å². The molecule has 42 heavy (non-hydrogen) atoms. The van der Waals surface area contributed by atoms with Gasteiger partial charge in [0.15, 0.2) is 23.0 Å². The number of aromatic amines is 2. The molecule has 8 rings (SSSR count). The van der Waals surface area contributed by atoms with Gasteiger partial charge in [-0.25, -0.2) is 9.97 Å². The highest BCUT2D eigenvalue weighted by Crippen LogP contribution is 2.38. The fourth-order valence-electron chi connectivity index (χ4n) is 5.92. The summed E-state index contributed by atoms with van der Waals surface area (Å²) >= 11 is 0. The van der Waals surface area contributed by atoms with Gasteiger partial charge in [0.05, 0.1) is 34.1 Å². The molecule has 4 aromatic heterocycles. The van der Waals surface area contributed by atoms with Crippen LogP contribution in [0.2, 0.25) is 0 Å². The molecule has 0 saturated heterocycles. The molecule has 10 heteroatoms. The van der Waals surface area contributed by atoms with Crippen LogP contribution in [-0.4, -0.2) is 42.8 Å². The SMILES string of the molecule is O=C(Nc1cncc(-c2ccc3[nH]nc(-c4nc5c(-c6ccc7c(c6)OCO7)cccc5[nH]4)c3n2)c1)C1CCCCC1. The highest BCUT2D eigenvalue weighted by atomic mass is 16.7. The highest BCUT2D eigenvalue weighted by molar-refractivity contribution is 5.97. The maximum Gasteiger partial charge on any atom is 0.231 e. The van der Waals surface area contributed by atoms with E-state index in [0.29, 0.717) is 22.7 Å². The molecule has 2 aliphatic rings. The number of ether oxygens (including phenoxy) is 2. The number of carbonyl (C=O) groups excluding carboxylic acids is 1. The average Bonchev–Trinajstić information content (AvgIpc) is 3.78. The lowest BCUT2D eigenvalue weighted by atomic mass is 9.88. The van der Waals surface area contributed by atoms with Crippen LogP contribution in [0.25, 0.3) is 56.0 Å². The van der Waals surface area contributed by atoms with Crippen LogP contribution in [0, 0.1) is 5.92 Å². The summed E-state index contributed by atoms with van der Waals surface area (Å²) in [5, 5.41) is 10.7. The summed E-state index contributed by atoms with van der Waals surface area (Å²) in [5.41, 5.74) is 7.97. The van der Waals surface area contributed by atoms with Gasteiger partial charge < -0.3 is 19.8 Å². The zero-order valence-corrected chi connectivity index (χ0v) is 22.7. The quantitative estimate of drug-likeness (QED) is 0.221. The Balaban J connectivity index is 1.13. The van der Waals surface area contributed by atoms with Crippen LogP contribution >= 0.6 is 0 Å². The molecular weight excluding hydrogens is 530 g/mol. The van der Waals surface area contributed by atoms with E-state index >= 15 is 0 Å². The van der Waals surface area contributed by atoms with Gasteiger partial charge in [0.25, 0.3) is 0 Å². The van der Waals surface area contributed by atoms with Crippen molar-refractivity contribution in [2.24, 2.45) is 5.92 Å². The molecule has 5 heterocycles. The number of para-hydroxylation sites is 1. The molecule has 0 radical (unpaired) electrons. The minimum absolute atomic E-state index is 0.0687. The second kappa shape index (κ2) is 9.99. The van der Waals surface area contributed by atoms with Gasteiger partial charge in [0.1, 0.15) is 5.52 Å². The number of hydrogen-bond donors (Lipinski definition) is 3. The van der Waals surface area contributed by atoms with Crippen LogP contribution in [-0.2, 0) is 4.79 Å². The number of rotatable bonds is 5. The summed E-state index contributed by atoms with van der Waals surface area (Å²) in [6, 6.07) is 17.7. The number of nitrogens with zero attached hydrogens (tertiary/aromatic N) is 4. The van der Waals surface area contributed by atoms with Crippen molar-refractivity contribution < 1.29 is 14.3 Å². The van der Waals surface area contributed by atoms with Crippen molar-refractivity contribution in [1.29, 1.82) is 0 Å². The van der Waals surface area contributed by atoms with E-state index in [1.54, 1.807) is 12.4 Å². The van der Waals surface area contributed by atoms with Crippen molar-refractivity contribution in [3.05, 3.63) is 67.0 Å². The first-order chi connectivity index (χ1) is 20.7. The Morgan fingerprint density at radius 2 is 1.76 bits per heavy atom. The summed E-state index contributed by atoms with van der Waals surface area (Å²) in [5.74, 6) is 2.22. The normalized spacial score (nSPS) is 15.0. The van der Waals surface area contributed by atoms with Crippen LogP contribution < -0.4 is 14.8 Å². The second-order valence-electron chi connectivity index (χ2n) is 10.8. The number of hydrogen-bond acceptors (Lipinski definition) is 7. The van der Waals surface area contributed by atoms with Gasteiger partial charge in [0, 0.05) is 23.2 Å². The number of anilines is 1. The third-order valence-electron chi connectivity index (χ3n) is 8.11. The monoisotopic (exact) mass is 557 g/mol. The van der Waals surface area contributed by atoms with Crippen molar-refractivity contribution in [3.63, 3.8) is 0 Å². The molecule has 3 N–H and O–H groups in total. The Labute approximate surface area is 240 Å². The molecule has 6 aromatic rings. The Kier molecular flexibility index (Phi) is 5.83. The molecule has 2 aromatic carbocycles. The van der Waals surface area contributed by atoms with E-state index in [1.807, 2.05) is 54.6 Å². The van der Waals surface area contributed by atoms with E-state index < -0.39 is 0 Å². The molecule has 0 unspecified atom stereocenters. The van der Waals surface area contributed by atoms with Gasteiger partial charge in [0.2, 0.25) is 12.7 Å². The number of pyridine rings is 2. The van der Waals surface area contributed by atoms with E-state index in [0.717, 1.165) is 76.1 Å². The van der Waals surface area contributed by atoms with Gasteiger partial charge >= 0.3 is 0 Å². The molecule has 1 aliphatic carbocycles. The van der Waals surface area contributed by atoms with E-state index in [4.69, 9.17) is 19.4 Å². The Morgan fingerprint density at radius 1 is 0.857 bits per heavy atom. The molecule has 1 aliphatic heterocycles. The van der Waals surface area contributed by atoms with Gasteiger partial charge in [-0.05, 0) is 54.8 Å². The van der Waals surface area contributed by atoms with E-state index in [2.05, 4.69) is 25.5 Å². The van der Waals surface area contributed by atoms with Crippen LogP contribution in [0.3, 0.4) is 0 Å². The van der Waals surface area contributed by atoms with Crippen molar-refractivity contribution in [3.8, 4) is 45.4 Å². The summed E-state index contributed by atoms with van der Waals surface area (Å²) < 4.78 is 11.1. The lowest BCUT2D eigenvalue weighted by Crippen LogP contribution is -2.24. The zero-order chi connectivity index (χ0) is 28.0. The number of H-pyrrole nitrogens is 2. The fraction of sp³-hybridized carbons (Fsp3) is 0.219. The zero-order valence-electron chi connectivity index (χ0n) is 22.7. The molecule has 1 amide bonds. The molecule has 208 valence electrons. The van der Waals surface area contributed by atoms with Gasteiger partial charge in [-0.15, -0.1) is 0 Å². The summed E-state index contributed by atoms with van der Waals surface area (Å²) in [6.45, 7) is 0.228. The maximum absolute atomic E-state index is 12.8. The number of nitrogens with one attached hydrogen (secondary N) is 3. The first-order valence-corrected chi connectivity index (χ1v) is 14.2. The molecule has 10 nitrogen and oxygen atoms in total. The minimum Gasteiger partial charge on any atom is -0.454 e. The van der Waals surface area contributed by atoms with Gasteiger partial charge in [-0.1, -0.05) is 37.5 Å². The number of benzene rings is 2. The standard InChI is InChI=1S/C32H27N7O3/c40-32(18-5-2-1-3-6-18)34-21-13-20(15-33-16-21)23-10-11-25-29(35-23)30(39-38-25)31-36-24-8-4-7-22(28(24)37-31)19-9-12-26-27(14-19)42-17-41-26/h4,7-16,18H,1-3,5-6,17H2,(H,34,40)(H,36,37)(H,38,39). The third kappa shape index (κ3) is 4.32. The second-order valence-corrected chi connectivity index (χ2v) is 10.8. The van der Waals surface area contributed by atoms with Crippen LogP contribution in [0.1, 0.15) is 32.1 Å². The molecule has 1 fully saturated rings. The fourth-order valence-corrected chi connectivity index (χ4v) is 5.92. The third-order valence-corrected chi connectivity index (χ3v) is 8.11. The van der Waals surface area contributed by atoms with Crippen LogP contribution in [0.15, 0.2) is 67.0 Å². The highest BCUT2D eigenvalue weighted by Gasteiger charge is 2.22. The molecule has 0 bridgehead atoms. The number of amides is 1. The predicted octanol–water partition coefficient (Wildman–Crippen LogP) is 6.48. The van der Waals surface area contributed by atoms with Gasteiger partial charge in [-0.2, -0.15) is 5.10 Å². The number of carbonyl (C=O) groups is 1. The summed E-state index contributed by atoms with van der Waals surface area (Å²) in [7, 11) is 0. The molecule has 0 atom stereocenters. The predicted molar refractivity (Wildman–Crippen MR) is 159 cm³/mol. The van der Waals surface area contributed by atoms with Crippen molar-refractivity contribution >= 4 is 33.7 Å². The van der Waals surface area contributed by atoms with Crippen LogP contribution in [0.4, 0.5) is 5.69 Å². The molecule has 1 saturated carbocycles. The average molecular weight is 558 g/mol. The number of imidazole rings is 1. The van der Waals surface area contributed by atoms with Crippen molar-refractivity contribution in [2.75, 3.05) is 12.1 Å². The first kappa shape index (κ1) is 24.5. The van der Waals surface area contributed by atoms with Crippen LogP contribution in [0.5, 0.6) is 11.5 Å². The van der Waals surface area contributed by atoms with Crippen molar-refractivity contribution in [2.45, 2.75) is 32.1 Å². The van der Waals surface area contributed by atoms with Gasteiger partial charge in [-0.3, -0.25) is 14.9 Å². The molecular formula is C32H27N7O3. The summed E-state index contributed by atoms with van der Waals surface area (Å²) in [6.07, 6.45) is 8.75. The smallest absolute Gasteiger partial charge is 0.231 e. The van der Waals surface area contributed by atoms with E-state index in [9.17, 15) is 4.79 Å². The lowest BCUT2D eigenvalue weighted by molar-refractivity contribution is -0.120. The largest absolute Gasteiger partial charge is 0.454 e. The van der Waals surface area contributed by atoms with Crippen molar-refractivity contribution in [1.82, 2.24) is 30.1 Å². The lowest BCUT2D eigenvalue weighted by Gasteiger charge is -2.20. The first-order valence-electron chi connectivity index (χ1n) is 14.2. The Hall–Kier alpha value is -5.25. The number of aromatic nitrogens is 6. The minimum atomic E-state index is 0.0687. The Morgan fingerprint density at radius 3 is 2.69 bits per heavy atom. The maximum atomic E-state index is 12.8. The van der Waals surface area contributed by atoms with E-state index in [-0.39, 0.29) is 18.6 Å². The Bertz CT molecular complexity index is 1970. The summed E-state index contributed by atoms with van der Waals surface area (Å²) in [4.78, 5) is 30.5. The topological polar surface area (TPSA) is 131 Å².